The number of ether oxygens (including phenoxy) is 2. The fourth-order valence-electron chi connectivity index (χ4n) is 3.86. The number of aromatic nitrogens is 1. The molecule has 33 heavy (non-hydrogen) atoms. The third-order valence-electron chi connectivity index (χ3n) is 5.40. The van der Waals surface area contributed by atoms with E-state index < -0.39 is 42.1 Å². The van der Waals surface area contributed by atoms with Crippen LogP contribution in [0.3, 0.4) is 0 Å². The van der Waals surface area contributed by atoms with Crippen molar-refractivity contribution in [1.82, 2.24) is 4.98 Å². The summed E-state index contributed by atoms with van der Waals surface area (Å²) in [5, 5.41) is 2.62. The Morgan fingerprint density at radius 1 is 1.33 bits per heavy atom. The van der Waals surface area contributed by atoms with Gasteiger partial charge in [-0.2, -0.15) is 13.2 Å². The molecular formula is C21H22F4N4O3S. The van der Waals surface area contributed by atoms with E-state index in [4.69, 9.17) is 15.2 Å². The van der Waals surface area contributed by atoms with Crippen molar-refractivity contribution in [2.45, 2.75) is 25.2 Å². The molecule has 0 spiro atoms. The van der Waals surface area contributed by atoms with E-state index in [0.29, 0.717) is 5.75 Å². The molecule has 178 valence electrons. The molecule has 1 aromatic heterocycles. The van der Waals surface area contributed by atoms with Gasteiger partial charge in [0.15, 0.2) is 11.3 Å². The highest BCUT2D eigenvalue weighted by molar-refractivity contribution is 8.13. The van der Waals surface area contributed by atoms with Crippen molar-refractivity contribution in [3.8, 4) is 5.75 Å². The lowest BCUT2D eigenvalue weighted by atomic mass is 9.78. The molecule has 0 radical (unpaired) electrons. The van der Waals surface area contributed by atoms with E-state index in [2.05, 4.69) is 15.3 Å². The average molecular weight is 486 g/mol. The van der Waals surface area contributed by atoms with Gasteiger partial charge in [0.25, 0.3) is 5.91 Å². The number of fused-ring (bicyclic) bond motifs is 1. The van der Waals surface area contributed by atoms with E-state index in [1.54, 1.807) is 6.07 Å². The second-order valence-electron chi connectivity index (χ2n) is 7.30. The number of aliphatic imine (C=N–C) groups is 1. The number of nitrogens with one attached hydrogen (secondary N) is 1. The molecule has 7 nitrogen and oxygen atoms in total. The van der Waals surface area contributed by atoms with Gasteiger partial charge in [0.05, 0.1) is 19.9 Å². The van der Waals surface area contributed by atoms with Crippen molar-refractivity contribution >= 4 is 28.5 Å². The number of carbonyl (C=O) groups is 1. The summed E-state index contributed by atoms with van der Waals surface area (Å²) < 4.78 is 65.5. The second-order valence-corrected chi connectivity index (χ2v) is 8.34. The number of amidine groups is 1. The number of hydrogen-bond donors (Lipinski definition) is 2. The maximum absolute atomic E-state index is 14.9. The van der Waals surface area contributed by atoms with Crippen LogP contribution in [0.15, 0.2) is 41.5 Å². The SMILES string of the molecule is C.COc1ccc(C(=O)Nc2ccc(F)c([C@]34CO[C@H](C(F)(F)F)[C@H]3CSC(N)=N4)c2)nc1. The zero-order valence-electron chi connectivity index (χ0n) is 16.6. The number of nitrogens with two attached hydrogens (primary N) is 1. The molecule has 2 aliphatic rings. The molecule has 0 aliphatic carbocycles. The smallest absolute Gasteiger partial charge is 0.415 e. The zero-order chi connectivity index (χ0) is 23.1. The Labute approximate surface area is 191 Å². The van der Waals surface area contributed by atoms with Gasteiger partial charge in [0.2, 0.25) is 0 Å². The summed E-state index contributed by atoms with van der Waals surface area (Å²) in [5.74, 6) is -2.11. The Balaban J connectivity index is 0.00000306. The molecule has 3 atom stereocenters. The van der Waals surface area contributed by atoms with Crippen molar-refractivity contribution in [1.29, 1.82) is 0 Å². The highest BCUT2D eigenvalue weighted by Gasteiger charge is 2.62. The number of amides is 1. The van der Waals surface area contributed by atoms with Gasteiger partial charge >= 0.3 is 6.18 Å². The van der Waals surface area contributed by atoms with Crippen LogP contribution in [0.25, 0.3) is 0 Å². The van der Waals surface area contributed by atoms with Gasteiger partial charge in [0.1, 0.15) is 22.8 Å². The second kappa shape index (κ2) is 9.18. The van der Waals surface area contributed by atoms with Gasteiger partial charge < -0.3 is 20.5 Å². The molecule has 1 aromatic carbocycles. The van der Waals surface area contributed by atoms with Crippen molar-refractivity contribution in [3.05, 3.63) is 53.6 Å². The number of carbonyl (C=O) groups excluding carboxylic acids is 1. The molecular weight excluding hydrogens is 464 g/mol. The molecule has 0 saturated carbocycles. The number of benzene rings is 1. The van der Waals surface area contributed by atoms with E-state index in [9.17, 15) is 22.4 Å². The number of hydrogen-bond acceptors (Lipinski definition) is 7. The summed E-state index contributed by atoms with van der Waals surface area (Å²) in [6, 6.07) is 6.61. The molecule has 12 heteroatoms. The number of methoxy groups -OCH3 is 1. The predicted octanol–water partition coefficient (Wildman–Crippen LogP) is 3.95. The first-order valence-electron chi connectivity index (χ1n) is 9.42. The van der Waals surface area contributed by atoms with Gasteiger partial charge in [-0.05, 0) is 30.3 Å². The topological polar surface area (TPSA) is 98.8 Å². The maximum atomic E-state index is 14.9. The monoisotopic (exact) mass is 486 g/mol. The lowest BCUT2D eigenvalue weighted by Gasteiger charge is -2.36. The van der Waals surface area contributed by atoms with Gasteiger partial charge in [-0.25, -0.2) is 14.4 Å². The minimum Gasteiger partial charge on any atom is -0.495 e. The van der Waals surface area contributed by atoms with Crippen molar-refractivity contribution in [2.24, 2.45) is 16.6 Å². The van der Waals surface area contributed by atoms with Crippen LogP contribution in [0, 0.1) is 11.7 Å². The molecule has 1 amide bonds. The summed E-state index contributed by atoms with van der Waals surface area (Å²) in [4.78, 5) is 20.7. The molecule has 3 heterocycles. The van der Waals surface area contributed by atoms with Crippen LogP contribution < -0.4 is 15.8 Å². The largest absolute Gasteiger partial charge is 0.495 e. The Morgan fingerprint density at radius 2 is 2.09 bits per heavy atom. The van der Waals surface area contributed by atoms with Crippen molar-refractivity contribution in [2.75, 3.05) is 24.8 Å². The van der Waals surface area contributed by atoms with E-state index in [1.165, 1.54) is 31.5 Å². The molecule has 3 N–H and O–H groups in total. The maximum Gasteiger partial charge on any atom is 0.415 e. The predicted molar refractivity (Wildman–Crippen MR) is 117 cm³/mol. The molecule has 1 saturated heterocycles. The third-order valence-corrected chi connectivity index (χ3v) is 6.31. The minimum atomic E-state index is -4.64. The summed E-state index contributed by atoms with van der Waals surface area (Å²) >= 11 is 0.966. The van der Waals surface area contributed by atoms with Crippen LogP contribution in [0.1, 0.15) is 23.5 Å². The molecule has 4 rings (SSSR count). The quantitative estimate of drug-likeness (QED) is 0.635. The zero-order valence-corrected chi connectivity index (χ0v) is 17.5. The number of anilines is 1. The Kier molecular flexibility index (Phi) is 6.89. The van der Waals surface area contributed by atoms with Crippen LogP contribution in [-0.4, -0.2) is 47.8 Å². The molecule has 1 fully saturated rings. The van der Waals surface area contributed by atoms with Crippen molar-refractivity contribution in [3.63, 3.8) is 0 Å². The van der Waals surface area contributed by atoms with Crippen LogP contribution >= 0.6 is 11.8 Å². The van der Waals surface area contributed by atoms with Crippen LogP contribution in [0.5, 0.6) is 5.75 Å². The summed E-state index contributed by atoms with van der Waals surface area (Å²) in [7, 11) is 1.46. The van der Waals surface area contributed by atoms with Crippen molar-refractivity contribution < 1.29 is 31.8 Å². The fourth-order valence-corrected chi connectivity index (χ4v) is 4.89. The number of thioether (sulfide) groups is 1. The van der Waals surface area contributed by atoms with Gasteiger partial charge in [0, 0.05) is 22.9 Å². The summed E-state index contributed by atoms with van der Waals surface area (Å²) in [6.45, 7) is -0.489. The van der Waals surface area contributed by atoms with E-state index in [0.717, 1.165) is 17.8 Å². The molecule has 2 aliphatic heterocycles. The molecule has 0 unspecified atom stereocenters. The Morgan fingerprint density at radius 3 is 2.73 bits per heavy atom. The standard InChI is InChI=1S/C20H18F4N4O3S.CH4/c1-30-11-3-5-15(26-7-11)17(29)27-10-2-4-14(21)12(6-10)19-9-31-16(20(22,23)24)13(19)8-32-18(25)28-19;/h2-7,13,16H,8-9H2,1H3,(H2,25,28)(H,27,29);1H4/t13-,16+,19-;/m1./s1. The van der Waals surface area contributed by atoms with E-state index in [1.807, 2.05) is 0 Å². The van der Waals surface area contributed by atoms with E-state index in [-0.39, 0.29) is 35.3 Å². The lowest BCUT2D eigenvalue weighted by molar-refractivity contribution is -0.215. The first-order valence-corrected chi connectivity index (χ1v) is 10.4. The normalized spacial score (nSPS) is 24.3. The van der Waals surface area contributed by atoms with Crippen LogP contribution in [0.4, 0.5) is 23.2 Å². The van der Waals surface area contributed by atoms with Crippen LogP contribution in [0.2, 0.25) is 0 Å². The first-order chi connectivity index (χ1) is 15.1. The third kappa shape index (κ3) is 4.62. The highest BCUT2D eigenvalue weighted by atomic mass is 32.2. The summed E-state index contributed by atoms with van der Waals surface area (Å²) in [5.41, 5.74) is 4.26. The van der Waals surface area contributed by atoms with Gasteiger partial charge in [-0.1, -0.05) is 19.2 Å². The number of alkyl halides is 3. The minimum absolute atomic E-state index is 0. The number of halogens is 4. The number of rotatable bonds is 4. The first kappa shape index (κ1) is 24.8. The van der Waals surface area contributed by atoms with Crippen LogP contribution in [-0.2, 0) is 10.3 Å². The average Bonchev–Trinajstić information content (AvgIpc) is 3.15. The number of nitrogens with zero attached hydrogens (tertiary/aromatic N) is 2. The number of pyridine rings is 1. The molecule has 0 bridgehead atoms. The summed E-state index contributed by atoms with van der Waals surface area (Å²) in [6.07, 6.45) is -5.39. The van der Waals surface area contributed by atoms with Gasteiger partial charge in [-0.15, -0.1) is 0 Å². The Hall–Kier alpha value is -2.86. The lowest BCUT2D eigenvalue weighted by Crippen LogP contribution is -2.46. The highest BCUT2D eigenvalue weighted by Crippen LogP contribution is 2.52. The Bertz CT molecular complexity index is 1060. The van der Waals surface area contributed by atoms with E-state index >= 15 is 0 Å². The van der Waals surface area contributed by atoms with Gasteiger partial charge in [-0.3, -0.25) is 4.79 Å². The molecule has 2 aromatic rings. The fraction of sp³-hybridized carbons (Fsp3) is 0.381.